The van der Waals surface area contributed by atoms with Crippen LogP contribution >= 0.6 is 0 Å². The molecule has 0 unspecified atom stereocenters. The third-order valence-corrected chi connectivity index (χ3v) is 3.94. The summed E-state index contributed by atoms with van der Waals surface area (Å²) in [6.07, 6.45) is 3.17. The molecule has 0 fully saturated rings. The van der Waals surface area contributed by atoms with Crippen molar-refractivity contribution in [3.8, 4) is 11.1 Å². The summed E-state index contributed by atoms with van der Waals surface area (Å²) in [5, 5.41) is 9.01. The number of hydrogen-bond donors (Lipinski definition) is 1. The number of carbonyl (C=O) groups is 1. The topological polar surface area (TPSA) is 46.5 Å². The predicted octanol–water partition coefficient (Wildman–Crippen LogP) is 5.02. The second kappa shape index (κ2) is 8.81. The Hall–Kier alpha value is -2.39. The van der Waals surface area contributed by atoms with Gasteiger partial charge in [0, 0.05) is 12.7 Å². The molecule has 0 heterocycles. The molecule has 138 valence electrons. The van der Waals surface area contributed by atoms with E-state index in [1.807, 2.05) is 45.9 Å². The lowest BCUT2D eigenvalue weighted by Crippen LogP contribution is -2.22. The molecule has 0 aliphatic heterocycles. The Morgan fingerprint density at radius 1 is 1.08 bits per heavy atom. The molecule has 2 aromatic carbocycles. The number of esters is 1. The van der Waals surface area contributed by atoms with E-state index in [2.05, 4.69) is 30.3 Å². The van der Waals surface area contributed by atoms with Gasteiger partial charge in [0.1, 0.15) is 5.60 Å². The highest BCUT2D eigenvalue weighted by Gasteiger charge is 2.15. The second-order valence-electron chi connectivity index (χ2n) is 7.47. The van der Waals surface area contributed by atoms with E-state index in [-0.39, 0.29) is 12.6 Å². The van der Waals surface area contributed by atoms with Gasteiger partial charge in [-0.2, -0.15) is 0 Å². The highest BCUT2D eigenvalue weighted by molar-refractivity contribution is 5.91. The summed E-state index contributed by atoms with van der Waals surface area (Å²) >= 11 is 0. The Bertz CT molecular complexity index is 782. The molecule has 0 spiro atoms. The van der Waals surface area contributed by atoms with Crippen LogP contribution in [0, 0.1) is 0 Å². The number of allylic oxidation sites excluding steroid dienone is 1. The van der Waals surface area contributed by atoms with Crippen LogP contribution in [0.1, 0.15) is 45.2 Å². The lowest BCUT2D eigenvalue weighted by Gasteiger charge is -2.18. The minimum atomic E-state index is -0.495. The van der Waals surface area contributed by atoms with E-state index >= 15 is 0 Å². The van der Waals surface area contributed by atoms with Crippen molar-refractivity contribution >= 4 is 11.5 Å². The maximum Gasteiger partial charge on any atom is 0.331 e. The number of aliphatic hydroxyl groups is 1. The molecular formula is C23H28O3. The van der Waals surface area contributed by atoms with Crippen LogP contribution in [0.3, 0.4) is 0 Å². The normalized spacial score (nSPS) is 12.1. The van der Waals surface area contributed by atoms with E-state index in [9.17, 15) is 4.79 Å². The largest absolute Gasteiger partial charge is 0.457 e. The monoisotopic (exact) mass is 352 g/mol. The number of hydrogen-bond acceptors (Lipinski definition) is 3. The van der Waals surface area contributed by atoms with Gasteiger partial charge in [-0.25, -0.2) is 4.79 Å². The van der Waals surface area contributed by atoms with E-state index in [0.717, 1.165) is 35.1 Å². The lowest BCUT2D eigenvalue weighted by molar-refractivity contribution is -0.148. The van der Waals surface area contributed by atoms with E-state index in [1.165, 1.54) is 5.56 Å². The number of rotatable bonds is 6. The van der Waals surface area contributed by atoms with Gasteiger partial charge in [-0.1, -0.05) is 42.5 Å². The number of benzene rings is 2. The van der Waals surface area contributed by atoms with Crippen molar-refractivity contribution in [1.82, 2.24) is 0 Å². The molecular weight excluding hydrogens is 324 g/mol. The Morgan fingerprint density at radius 2 is 1.73 bits per heavy atom. The van der Waals surface area contributed by atoms with Gasteiger partial charge in [-0.15, -0.1) is 0 Å². The fourth-order valence-corrected chi connectivity index (χ4v) is 2.72. The van der Waals surface area contributed by atoms with E-state index in [0.29, 0.717) is 0 Å². The first-order valence-corrected chi connectivity index (χ1v) is 9.00. The average Bonchev–Trinajstić information content (AvgIpc) is 2.58. The summed E-state index contributed by atoms with van der Waals surface area (Å²) in [7, 11) is 0. The van der Waals surface area contributed by atoms with E-state index in [4.69, 9.17) is 9.84 Å². The molecule has 0 bridgehead atoms. The van der Waals surface area contributed by atoms with Crippen LogP contribution in [0.25, 0.3) is 16.7 Å². The summed E-state index contributed by atoms with van der Waals surface area (Å²) in [4.78, 5) is 12.0. The van der Waals surface area contributed by atoms with Crippen LogP contribution in [0.2, 0.25) is 0 Å². The Balaban J connectivity index is 2.23. The maximum absolute atomic E-state index is 12.0. The summed E-state index contributed by atoms with van der Waals surface area (Å²) < 4.78 is 5.36. The molecule has 0 aliphatic carbocycles. The molecule has 3 heteroatoms. The van der Waals surface area contributed by atoms with Crippen molar-refractivity contribution in [3.63, 3.8) is 0 Å². The number of ether oxygens (including phenoxy) is 1. The van der Waals surface area contributed by atoms with Gasteiger partial charge >= 0.3 is 5.97 Å². The van der Waals surface area contributed by atoms with Crippen molar-refractivity contribution < 1.29 is 14.6 Å². The molecule has 0 aromatic heterocycles. The minimum absolute atomic E-state index is 0.203. The van der Waals surface area contributed by atoms with Gasteiger partial charge in [-0.05, 0) is 74.4 Å². The quantitative estimate of drug-likeness (QED) is 0.586. The Labute approximate surface area is 156 Å². The van der Waals surface area contributed by atoms with Gasteiger partial charge in [0.2, 0.25) is 0 Å². The SMILES string of the molecule is C/C(=C\C(=O)OC(C)(C)C)c1cccc(-c2cccc(CCCO)c2)c1. The highest BCUT2D eigenvalue weighted by atomic mass is 16.6. The molecule has 2 aromatic rings. The standard InChI is InChI=1S/C23H28O3/c1-17(14-22(25)26-23(2,3)4)19-10-6-12-21(16-19)20-11-5-8-18(15-20)9-7-13-24/h5-6,8,10-12,14-16,24H,7,9,13H2,1-4H3/b17-14+. The summed E-state index contributed by atoms with van der Waals surface area (Å²) in [5.41, 5.74) is 4.82. The first-order valence-electron chi connectivity index (χ1n) is 9.00. The zero-order valence-corrected chi connectivity index (χ0v) is 16.1. The molecule has 2 rings (SSSR count). The first kappa shape index (κ1) is 19.9. The summed E-state index contributed by atoms with van der Waals surface area (Å²) in [6, 6.07) is 16.5. The molecule has 0 saturated carbocycles. The molecule has 3 nitrogen and oxygen atoms in total. The number of carbonyl (C=O) groups excluding carboxylic acids is 1. The van der Waals surface area contributed by atoms with Gasteiger partial charge < -0.3 is 9.84 Å². The van der Waals surface area contributed by atoms with E-state index < -0.39 is 5.60 Å². The van der Waals surface area contributed by atoms with Gasteiger partial charge in [-0.3, -0.25) is 0 Å². The van der Waals surface area contributed by atoms with Crippen LogP contribution in [-0.4, -0.2) is 23.3 Å². The van der Waals surface area contributed by atoms with Crippen molar-refractivity contribution in [1.29, 1.82) is 0 Å². The van der Waals surface area contributed by atoms with Crippen molar-refractivity contribution in [3.05, 3.63) is 65.7 Å². The fraction of sp³-hybridized carbons (Fsp3) is 0.348. The fourth-order valence-electron chi connectivity index (χ4n) is 2.72. The van der Waals surface area contributed by atoms with Gasteiger partial charge in [0.05, 0.1) is 0 Å². The van der Waals surface area contributed by atoms with Crippen LogP contribution in [0.4, 0.5) is 0 Å². The molecule has 0 atom stereocenters. The molecule has 0 aliphatic rings. The molecule has 26 heavy (non-hydrogen) atoms. The molecule has 1 N–H and O–H groups in total. The third-order valence-electron chi connectivity index (χ3n) is 3.94. The van der Waals surface area contributed by atoms with Crippen molar-refractivity contribution in [2.24, 2.45) is 0 Å². The zero-order valence-electron chi connectivity index (χ0n) is 16.1. The molecule has 0 saturated heterocycles. The third kappa shape index (κ3) is 6.16. The summed E-state index contributed by atoms with van der Waals surface area (Å²) in [5.74, 6) is -0.327. The highest BCUT2D eigenvalue weighted by Crippen LogP contribution is 2.25. The van der Waals surface area contributed by atoms with Crippen LogP contribution in [0.15, 0.2) is 54.6 Å². The number of aliphatic hydroxyl groups excluding tert-OH is 1. The van der Waals surface area contributed by atoms with Gasteiger partial charge in [0.25, 0.3) is 0 Å². The lowest BCUT2D eigenvalue weighted by atomic mass is 9.97. The maximum atomic E-state index is 12.0. The Kier molecular flexibility index (Phi) is 6.76. The molecule has 0 radical (unpaired) electrons. The van der Waals surface area contributed by atoms with Crippen LogP contribution < -0.4 is 0 Å². The van der Waals surface area contributed by atoms with Gasteiger partial charge in [0.15, 0.2) is 0 Å². The smallest absolute Gasteiger partial charge is 0.331 e. The van der Waals surface area contributed by atoms with E-state index in [1.54, 1.807) is 6.08 Å². The van der Waals surface area contributed by atoms with Crippen molar-refractivity contribution in [2.45, 2.75) is 46.1 Å². The minimum Gasteiger partial charge on any atom is -0.457 e. The Morgan fingerprint density at radius 3 is 2.38 bits per heavy atom. The molecule has 0 amide bonds. The average molecular weight is 352 g/mol. The van der Waals surface area contributed by atoms with Crippen LogP contribution in [-0.2, 0) is 16.0 Å². The van der Waals surface area contributed by atoms with Crippen LogP contribution in [0.5, 0.6) is 0 Å². The second-order valence-corrected chi connectivity index (χ2v) is 7.47. The zero-order chi connectivity index (χ0) is 19.2. The first-order chi connectivity index (χ1) is 12.3. The van der Waals surface area contributed by atoms with Crippen molar-refractivity contribution in [2.75, 3.05) is 6.61 Å². The number of aryl methyl sites for hydroxylation is 1. The summed E-state index contributed by atoms with van der Waals surface area (Å²) in [6.45, 7) is 7.70. The predicted molar refractivity (Wildman–Crippen MR) is 107 cm³/mol.